The molecular weight excluding hydrogens is 532 g/mol. The molecule has 9 heteroatoms. The van der Waals surface area contributed by atoms with Crippen LogP contribution in [0.3, 0.4) is 0 Å². The van der Waals surface area contributed by atoms with Crippen LogP contribution in [-0.4, -0.2) is 31.8 Å². The number of hydrazone groups is 1. The van der Waals surface area contributed by atoms with Gasteiger partial charge in [-0.3, -0.25) is 4.79 Å². The van der Waals surface area contributed by atoms with Crippen molar-refractivity contribution in [1.82, 2.24) is 5.43 Å². The Balaban J connectivity index is 1.33. The van der Waals surface area contributed by atoms with Crippen molar-refractivity contribution >= 4 is 29.7 Å². The van der Waals surface area contributed by atoms with Crippen molar-refractivity contribution < 1.29 is 28.5 Å². The third-order valence-electron chi connectivity index (χ3n) is 5.61. The predicted octanol–water partition coefficient (Wildman–Crippen LogP) is 6.31. The van der Waals surface area contributed by atoms with Gasteiger partial charge in [0, 0.05) is 10.6 Å². The fraction of sp³-hybridized carbons (Fsp3) is 0.129. The summed E-state index contributed by atoms with van der Waals surface area (Å²) in [5, 5.41) is 4.70. The van der Waals surface area contributed by atoms with E-state index in [1.807, 2.05) is 19.1 Å². The number of esters is 1. The number of benzene rings is 4. The van der Waals surface area contributed by atoms with Crippen LogP contribution in [0.15, 0.2) is 96.1 Å². The fourth-order valence-corrected chi connectivity index (χ4v) is 3.65. The number of halogens is 1. The Kier molecular flexibility index (Phi) is 9.74. The quantitative estimate of drug-likeness (QED) is 0.100. The van der Waals surface area contributed by atoms with Crippen molar-refractivity contribution in [2.45, 2.75) is 13.5 Å². The summed E-state index contributed by atoms with van der Waals surface area (Å²) in [7, 11) is 1.55. The van der Waals surface area contributed by atoms with E-state index in [9.17, 15) is 9.59 Å². The summed E-state index contributed by atoms with van der Waals surface area (Å²) < 4.78 is 22.1. The van der Waals surface area contributed by atoms with Gasteiger partial charge in [0.1, 0.15) is 18.1 Å². The smallest absolute Gasteiger partial charge is 0.343 e. The molecule has 0 aliphatic heterocycles. The van der Waals surface area contributed by atoms with Gasteiger partial charge in [0.15, 0.2) is 11.5 Å². The van der Waals surface area contributed by atoms with Gasteiger partial charge in [0.2, 0.25) is 0 Å². The Morgan fingerprint density at radius 2 is 1.50 bits per heavy atom. The number of methoxy groups -OCH3 is 1. The molecule has 0 saturated heterocycles. The molecule has 0 saturated carbocycles. The van der Waals surface area contributed by atoms with Gasteiger partial charge >= 0.3 is 5.97 Å². The van der Waals surface area contributed by atoms with E-state index >= 15 is 0 Å². The van der Waals surface area contributed by atoms with Gasteiger partial charge in [-0.15, -0.1) is 0 Å². The lowest BCUT2D eigenvalue weighted by Gasteiger charge is -2.11. The van der Waals surface area contributed by atoms with Crippen molar-refractivity contribution in [3.63, 3.8) is 0 Å². The molecule has 0 fully saturated rings. The first-order valence-electron chi connectivity index (χ1n) is 12.4. The summed E-state index contributed by atoms with van der Waals surface area (Å²) in [4.78, 5) is 25.1. The van der Waals surface area contributed by atoms with Crippen LogP contribution < -0.4 is 24.4 Å². The maximum absolute atomic E-state index is 12.6. The van der Waals surface area contributed by atoms with Crippen molar-refractivity contribution in [2.75, 3.05) is 13.7 Å². The zero-order valence-corrected chi connectivity index (χ0v) is 22.7. The zero-order valence-electron chi connectivity index (χ0n) is 21.9. The number of hydrogen-bond donors (Lipinski definition) is 1. The summed E-state index contributed by atoms with van der Waals surface area (Å²) in [6, 6.07) is 25.7. The lowest BCUT2D eigenvalue weighted by atomic mass is 10.2. The highest BCUT2D eigenvalue weighted by Gasteiger charge is 2.13. The van der Waals surface area contributed by atoms with Crippen LogP contribution in [0.5, 0.6) is 23.0 Å². The van der Waals surface area contributed by atoms with E-state index in [0.29, 0.717) is 52.2 Å². The van der Waals surface area contributed by atoms with E-state index in [1.54, 1.807) is 86.0 Å². The first-order chi connectivity index (χ1) is 19.4. The topological polar surface area (TPSA) is 95.5 Å². The van der Waals surface area contributed by atoms with Gasteiger partial charge in [-0.1, -0.05) is 23.7 Å². The van der Waals surface area contributed by atoms with Crippen LogP contribution >= 0.6 is 11.6 Å². The van der Waals surface area contributed by atoms with Crippen LogP contribution in [-0.2, 0) is 6.61 Å². The molecule has 0 unspecified atom stereocenters. The van der Waals surface area contributed by atoms with Crippen molar-refractivity contribution in [1.29, 1.82) is 0 Å². The molecule has 0 aliphatic carbocycles. The number of carbonyl (C=O) groups is 2. The van der Waals surface area contributed by atoms with Crippen molar-refractivity contribution in [2.24, 2.45) is 5.10 Å². The Morgan fingerprint density at radius 3 is 2.17 bits per heavy atom. The lowest BCUT2D eigenvalue weighted by Crippen LogP contribution is -2.17. The minimum atomic E-state index is -0.529. The van der Waals surface area contributed by atoms with E-state index in [4.69, 9.17) is 30.5 Å². The Hall–Kier alpha value is -4.82. The second-order valence-corrected chi connectivity index (χ2v) is 8.83. The second kappa shape index (κ2) is 13.8. The van der Waals surface area contributed by atoms with Crippen LogP contribution in [0.4, 0.5) is 0 Å². The summed E-state index contributed by atoms with van der Waals surface area (Å²) in [5.74, 6) is 0.995. The van der Waals surface area contributed by atoms with E-state index in [2.05, 4.69) is 10.5 Å². The average molecular weight is 559 g/mol. The fourth-order valence-electron chi connectivity index (χ4n) is 3.52. The maximum Gasteiger partial charge on any atom is 0.343 e. The average Bonchev–Trinajstić information content (AvgIpc) is 2.98. The molecule has 0 bridgehead atoms. The molecule has 0 aromatic heterocycles. The number of ether oxygens (including phenoxy) is 4. The van der Waals surface area contributed by atoms with Gasteiger partial charge < -0.3 is 18.9 Å². The number of carbonyl (C=O) groups excluding carboxylic acids is 2. The molecule has 4 rings (SSSR count). The summed E-state index contributed by atoms with van der Waals surface area (Å²) >= 11 is 5.90. The highest BCUT2D eigenvalue weighted by Crippen LogP contribution is 2.29. The minimum Gasteiger partial charge on any atom is -0.497 e. The molecule has 0 spiro atoms. The lowest BCUT2D eigenvalue weighted by molar-refractivity contribution is 0.0728. The maximum atomic E-state index is 12.6. The van der Waals surface area contributed by atoms with Gasteiger partial charge in [-0.2, -0.15) is 5.10 Å². The first kappa shape index (κ1) is 28.2. The molecule has 0 atom stereocenters. The molecule has 0 radical (unpaired) electrons. The van der Waals surface area contributed by atoms with Crippen LogP contribution in [0.1, 0.15) is 38.8 Å². The molecule has 204 valence electrons. The second-order valence-electron chi connectivity index (χ2n) is 8.40. The summed E-state index contributed by atoms with van der Waals surface area (Å²) in [6.07, 6.45) is 1.47. The molecular formula is C31H27ClN2O6. The van der Waals surface area contributed by atoms with E-state index in [-0.39, 0.29) is 11.7 Å². The number of nitrogens with zero attached hydrogens (tertiary/aromatic N) is 1. The third-order valence-corrected chi connectivity index (χ3v) is 5.86. The highest BCUT2D eigenvalue weighted by molar-refractivity contribution is 6.30. The van der Waals surface area contributed by atoms with Crippen LogP contribution in [0.25, 0.3) is 0 Å². The highest BCUT2D eigenvalue weighted by atomic mass is 35.5. The predicted molar refractivity (Wildman–Crippen MR) is 153 cm³/mol. The summed E-state index contributed by atoms with van der Waals surface area (Å²) in [5.41, 5.74) is 4.92. The molecule has 40 heavy (non-hydrogen) atoms. The molecule has 1 N–H and O–H groups in total. The van der Waals surface area contributed by atoms with E-state index in [1.165, 1.54) is 6.21 Å². The molecule has 4 aromatic carbocycles. The van der Waals surface area contributed by atoms with Crippen molar-refractivity contribution in [3.8, 4) is 23.0 Å². The Morgan fingerprint density at radius 1 is 0.825 bits per heavy atom. The first-order valence-corrected chi connectivity index (χ1v) is 12.8. The Labute approximate surface area is 237 Å². The Bertz CT molecular complexity index is 1470. The SMILES string of the molecule is CCOc1cc(/C=N\NC(=O)c2ccc(OCc3ccc(Cl)cc3)cc2)ccc1OC(=O)c1ccc(OC)cc1. The number of nitrogens with one attached hydrogen (secondary N) is 1. The molecule has 0 aliphatic rings. The van der Waals surface area contributed by atoms with Gasteiger partial charge in [0.05, 0.1) is 25.5 Å². The number of hydrogen-bond acceptors (Lipinski definition) is 7. The summed E-state index contributed by atoms with van der Waals surface area (Å²) in [6.45, 7) is 2.57. The van der Waals surface area contributed by atoms with Crippen LogP contribution in [0.2, 0.25) is 5.02 Å². The molecule has 8 nitrogen and oxygen atoms in total. The van der Waals surface area contributed by atoms with E-state index < -0.39 is 5.97 Å². The van der Waals surface area contributed by atoms with Crippen LogP contribution in [0, 0.1) is 0 Å². The van der Waals surface area contributed by atoms with E-state index in [0.717, 1.165) is 5.56 Å². The standard InChI is InChI=1S/C31H27ClN2O6/c1-3-38-29-18-22(6-17-28(29)40-31(36)24-9-13-26(37-2)14-10-24)19-33-34-30(35)23-7-15-27(16-8-23)39-20-21-4-11-25(32)12-5-21/h4-19H,3,20H2,1-2H3,(H,34,35)/b33-19-. The normalized spacial score (nSPS) is 10.7. The van der Waals surface area contributed by atoms with Gasteiger partial charge in [-0.25, -0.2) is 10.2 Å². The third kappa shape index (κ3) is 7.85. The van der Waals surface area contributed by atoms with Crippen molar-refractivity contribution in [3.05, 3.63) is 118 Å². The molecule has 4 aromatic rings. The largest absolute Gasteiger partial charge is 0.497 e. The van der Waals surface area contributed by atoms with Gasteiger partial charge in [-0.05, 0) is 96.9 Å². The zero-order chi connectivity index (χ0) is 28.3. The van der Waals surface area contributed by atoms with Gasteiger partial charge in [0.25, 0.3) is 5.91 Å². The monoisotopic (exact) mass is 558 g/mol. The number of amides is 1. The number of rotatable bonds is 11. The minimum absolute atomic E-state index is 0.266. The molecule has 1 amide bonds. The molecule has 0 heterocycles.